The zero-order valence-corrected chi connectivity index (χ0v) is 8.82. The van der Waals surface area contributed by atoms with E-state index in [9.17, 15) is 4.79 Å². The number of rotatable bonds is 4. The molecule has 1 rings (SSSR count). The minimum atomic E-state index is -0.318. The number of nitrogens with one attached hydrogen (secondary N) is 1. The largest absolute Gasteiger partial charge is 0.466 e. The Balaban J connectivity index is 2.09. The zero-order valence-electron chi connectivity index (χ0n) is 8.82. The van der Waals surface area contributed by atoms with Crippen molar-refractivity contribution < 1.29 is 9.53 Å². The van der Waals surface area contributed by atoms with Crippen molar-refractivity contribution in [2.45, 2.75) is 6.42 Å². The Morgan fingerprint density at radius 3 is 3.07 bits per heavy atom. The van der Waals surface area contributed by atoms with Gasteiger partial charge in [-0.05, 0) is 25.9 Å². The molecule has 1 aliphatic rings. The Morgan fingerprint density at radius 1 is 1.71 bits per heavy atom. The lowest BCUT2D eigenvalue weighted by Gasteiger charge is -2.09. The third-order valence-corrected chi connectivity index (χ3v) is 2.43. The Kier molecular flexibility index (Phi) is 4.46. The Morgan fingerprint density at radius 2 is 2.50 bits per heavy atom. The van der Waals surface area contributed by atoms with Crippen LogP contribution < -0.4 is 5.32 Å². The summed E-state index contributed by atoms with van der Waals surface area (Å²) in [6.07, 6.45) is 4.29. The minimum Gasteiger partial charge on any atom is -0.466 e. The molecule has 0 saturated carbocycles. The van der Waals surface area contributed by atoms with Gasteiger partial charge in [0, 0.05) is 25.4 Å². The molecule has 0 aromatic carbocycles. The maximum absolute atomic E-state index is 10.7. The highest BCUT2D eigenvalue weighted by Gasteiger charge is 2.18. The monoisotopic (exact) mass is 198 g/mol. The van der Waals surface area contributed by atoms with Crippen LogP contribution in [0.4, 0.5) is 0 Å². The molecule has 14 heavy (non-hydrogen) atoms. The standard InChI is InChI=1S/C10H18N2O2/c1-12-6-4-9(8-12)7-11-5-3-10(13)14-2/h3,5,9,11H,4,6-8H2,1-2H3/b5-3+. The fourth-order valence-corrected chi connectivity index (χ4v) is 1.62. The summed E-state index contributed by atoms with van der Waals surface area (Å²) in [7, 11) is 3.50. The molecule has 0 aromatic heterocycles. The second kappa shape index (κ2) is 5.65. The number of esters is 1. The summed E-state index contributed by atoms with van der Waals surface area (Å²) in [5.41, 5.74) is 0. The van der Waals surface area contributed by atoms with Crippen LogP contribution >= 0.6 is 0 Å². The van der Waals surface area contributed by atoms with E-state index in [0.29, 0.717) is 5.92 Å². The third-order valence-electron chi connectivity index (χ3n) is 2.43. The van der Waals surface area contributed by atoms with Crippen LogP contribution in [0, 0.1) is 5.92 Å². The van der Waals surface area contributed by atoms with Gasteiger partial charge in [0.2, 0.25) is 0 Å². The maximum atomic E-state index is 10.7. The van der Waals surface area contributed by atoms with Gasteiger partial charge in [-0.1, -0.05) is 0 Å². The topological polar surface area (TPSA) is 41.6 Å². The molecule has 1 unspecified atom stereocenters. The first-order valence-corrected chi connectivity index (χ1v) is 4.89. The Labute approximate surface area is 84.9 Å². The van der Waals surface area contributed by atoms with Crippen molar-refractivity contribution in [3.8, 4) is 0 Å². The van der Waals surface area contributed by atoms with E-state index >= 15 is 0 Å². The molecule has 1 heterocycles. The molecular weight excluding hydrogens is 180 g/mol. The highest BCUT2D eigenvalue weighted by Crippen LogP contribution is 2.12. The van der Waals surface area contributed by atoms with Crippen LogP contribution in [0.25, 0.3) is 0 Å². The molecule has 0 aromatic rings. The lowest BCUT2D eigenvalue weighted by Crippen LogP contribution is -2.21. The van der Waals surface area contributed by atoms with Gasteiger partial charge in [-0.2, -0.15) is 0 Å². The Bertz CT molecular complexity index is 216. The van der Waals surface area contributed by atoms with Gasteiger partial charge in [0.05, 0.1) is 7.11 Å². The molecule has 0 spiro atoms. The van der Waals surface area contributed by atoms with Crippen LogP contribution in [-0.4, -0.2) is 44.7 Å². The van der Waals surface area contributed by atoms with Gasteiger partial charge < -0.3 is 15.0 Å². The van der Waals surface area contributed by atoms with Gasteiger partial charge in [-0.15, -0.1) is 0 Å². The average Bonchev–Trinajstić information content (AvgIpc) is 2.58. The number of methoxy groups -OCH3 is 1. The molecule has 4 nitrogen and oxygen atoms in total. The van der Waals surface area contributed by atoms with Crippen LogP contribution in [-0.2, 0) is 9.53 Å². The summed E-state index contributed by atoms with van der Waals surface area (Å²) in [4.78, 5) is 13.0. The molecule has 80 valence electrons. The average molecular weight is 198 g/mol. The van der Waals surface area contributed by atoms with Gasteiger partial charge in [0.25, 0.3) is 0 Å². The Hall–Kier alpha value is -1.03. The quantitative estimate of drug-likeness (QED) is 0.518. The van der Waals surface area contributed by atoms with Crippen LogP contribution in [0.1, 0.15) is 6.42 Å². The van der Waals surface area contributed by atoms with Gasteiger partial charge in [0.15, 0.2) is 0 Å². The molecule has 0 bridgehead atoms. The first-order valence-electron chi connectivity index (χ1n) is 4.89. The molecule has 1 N–H and O–H groups in total. The lowest BCUT2D eigenvalue weighted by molar-refractivity contribution is -0.134. The van der Waals surface area contributed by atoms with Crippen LogP contribution in [0.5, 0.6) is 0 Å². The van der Waals surface area contributed by atoms with Crippen molar-refractivity contribution in [2.24, 2.45) is 5.92 Å². The van der Waals surface area contributed by atoms with Crippen molar-refractivity contribution in [3.05, 3.63) is 12.3 Å². The molecule has 0 amide bonds. The number of carbonyl (C=O) groups is 1. The summed E-state index contributed by atoms with van der Waals surface area (Å²) in [6.45, 7) is 3.24. The minimum absolute atomic E-state index is 0.318. The predicted octanol–water partition coefficient (Wildman–Crippen LogP) is 0.214. The summed E-state index contributed by atoms with van der Waals surface area (Å²) in [5.74, 6) is 0.378. The van der Waals surface area contributed by atoms with E-state index < -0.39 is 0 Å². The number of hydrogen-bond acceptors (Lipinski definition) is 4. The molecule has 1 fully saturated rings. The second-order valence-electron chi connectivity index (χ2n) is 3.68. The molecule has 1 atom stereocenters. The highest BCUT2D eigenvalue weighted by atomic mass is 16.5. The van der Waals surface area contributed by atoms with E-state index in [1.54, 1.807) is 6.20 Å². The predicted molar refractivity (Wildman–Crippen MR) is 54.8 cm³/mol. The van der Waals surface area contributed by atoms with E-state index in [1.807, 2.05) is 0 Å². The van der Waals surface area contributed by atoms with E-state index in [2.05, 4.69) is 22.0 Å². The van der Waals surface area contributed by atoms with Crippen LogP contribution in [0.3, 0.4) is 0 Å². The van der Waals surface area contributed by atoms with Crippen molar-refractivity contribution in [2.75, 3.05) is 33.8 Å². The van der Waals surface area contributed by atoms with E-state index in [1.165, 1.54) is 26.2 Å². The van der Waals surface area contributed by atoms with Gasteiger partial charge in [-0.25, -0.2) is 4.79 Å². The fourth-order valence-electron chi connectivity index (χ4n) is 1.62. The highest BCUT2D eigenvalue weighted by molar-refractivity contribution is 5.81. The van der Waals surface area contributed by atoms with Gasteiger partial charge in [-0.3, -0.25) is 0 Å². The van der Waals surface area contributed by atoms with Crippen molar-refractivity contribution in [1.29, 1.82) is 0 Å². The summed E-state index contributed by atoms with van der Waals surface area (Å²) in [5, 5.41) is 3.11. The smallest absolute Gasteiger partial charge is 0.331 e. The number of likely N-dealkylation sites (tertiary alicyclic amines) is 1. The third kappa shape index (κ3) is 3.79. The number of carbonyl (C=O) groups excluding carboxylic acids is 1. The van der Waals surface area contributed by atoms with E-state index in [4.69, 9.17) is 0 Å². The van der Waals surface area contributed by atoms with Gasteiger partial charge >= 0.3 is 5.97 Å². The first-order chi connectivity index (χ1) is 6.72. The number of nitrogens with zero attached hydrogens (tertiary/aromatic N) is 1. The summed E-state index contributed by atoms with van der Waals surface area (Å²) in [6, 6.07) is 0. The van der Waals surface area contributed by atoms with Gasteiger partial charge in [0.1, 0.15) is 0 Å². The first kappa shape index (κ1) is 11.0. The van der Waals surface area contributed by atoms with Crippen LogP contribution in [0.2, 0.25) is 0 Å². The molecule has 4 heteroatoms. The molecule has 1 saturated heterocycles. The maximum Gasteiger partial charge on any atom is 0.331 e. The van der Waals surface area contributed by atoms with Crippen molar-refractivity contribution in [3.63, 3.8) is 0 Å². The van der Waals surface area contributed by atoms with E-state index in [0.717, 1.165) is 13.1 Å². The normalized spacial score (nSPS) is 22.9. The number of ether oxygens (including phenoxy) is 1. The number of hydrogen-bond donors (Lipinski definition) is 1. The summed E-state index contributed by atoms with van der Waals surface area (Å²) >= 11 is 0. The van der Waals surface area contributed by atoms with Crippen molar-refractivity contribution in [1.82, 2.24) is 10.2 Å². The molecule has 0 aliphatic carbocycles. The molecular formula is C10H18N2O2. The fraction of sp³-hybridized carbons (Fsp3) is 0.700. The van der Waals surface area contributed by atoms with Crippen molar-refractivity contribution >= 4 is 5.97 Å². The molecule has 1 aliphatic heterocycles. The molecule has 0 radical (unpaired) electrons. The zero-order chi connectivity index (χ0) is 10.4. The second-order valence-corrected chi connectivity index (χ2v) is 3.68. The lowest BCUT2D eigenvalue weighted by atomic mass is 10.1. The van der Waals surface area contributed by atoms with E-state index in [-0.39, 0.29) is 5.97 Å². The summed E-state index contributed by atoms with van der Waals surface area (Å²) < 4.78 is 4.47. The SMILES string of the molecule is COC(=O)/C=C/NCC1CCN(C)C1. The van der Waals surface area contributed by atoms with Crippen LogP contribution in [0.15, 0.2) is 12.3 Å².